The number of para-hydroxylation sites is 1. The summed E-state index contributed by atoms with van der Waals surface area (Å²) < 4.78 is 5.89. The Morgan fingerprint density at radius 2 is 2.21 bits per heavy atom. The van der Waals surface area contributed by atoms with E-state index in [9.17, 15) is 0 Å². The molecule has 1 aromatic carbocycles. The summed E-state index contributed by atoms with van der Waals surface area (Å²) in [5, 5.41) is 4.79. The van der Waals surface area contributed by atoms with E-state index < -0.39 is 0 Å². The first-order chi connectivity index (χ1) is 9.33. The molecule has 1 aromatic heterocycles. The van der Waals surface area contributed by atoms with E-state index in [-0.39, 0.29) is 6.04 Å². The lowest BCUT2D eigenvalue weighted by Crippen LogP contribution is -2.26. The Morgan fingerprint density at radius 1 is 1.32 bits per heavy atom. The number of allylic oxidation sites excluding steroid dienone is 2. The van der Waals surface area contributed by atoms with Crippen LogP contribution in [0.5, 0.6) is 0 Å². The lowest BCUT2D eigenvalue weighted by Gasteiger charge is -2.20. The molecule has 0 radical (unpaired) electrons. The molecule has 0 spiro atoms. The highest BCUT2D eigenvalue weighted by atomic mass is 16.3. The molecule has 1 N–H and O–H groups in total. The van der Waals surface area contributed by atoms with Crippen LogP contribution in [-0.4, -0.2) is 6.54 Å². The molecule has 0 amide bonds. The van der Waals surface area contributed by atoms with Gasteiger partial charge < -0.3 is 9.73 Å². The van der Waals surface area contributed by atoms with Gasteiger partial charge in [0, 0.05) is 5.39 Å². The van der Waals surface area contributed by atoms with Crippen LogP contribution >= 0.6 is 0 Å². The summed E-state index contributed by atoms with van der Waals surface area (Å²) in [6, 6.07) is 10.6. The molecule has 2 aromatic rings. The molecule has 1 heterocycles. The van der Waals surface area contributed by atoms with Crippen molar-refractivity contribution < 1.29 is 4.42 Å². The van der Waals surface area contributed by atoms with E-state index in [0.717, 1.165) is 23.8 Å². The smallest absolute Gasteiger partial charge is 0.134 e. The maximum atomic E-state index is 5.89. The second-order valence-electron chi connectivity index (χ2n) is 5.47. The number of hydrogen-bond acceptors (Lipinski definition) is 2. The van der Waals surface area contributed by atoms with E-state index in [4.69, 9.17) is 4.42 Å². The number of nitrogens with one attached hydrogen (secondary N) is 1. The number of fused-ring (bicyclic) bond motifs is 1. The molecule has 0 saturated heterocycles. The van der Waals surface area contributed by atoms with E-state index >= 15 is 0 Å². The van der Waals surface area contributed by atoms with Gasteiger partial charge in [0.05, 0.1) is 6.04 Å². The quantitative estimate of drug-likeness (QED) is 0.817. The Labute approximate surface area is 114 Å². The zero-order chi connectivity index (χ0) is 13.1. The van der Waals surface area contributed by atoms with Gasteiger partial charge in [0.2, 0.25) is 0 Å². The molecule has 3 rings (SSSR count). The first-order valence-electron chi connectivity index (χ1n) is 7.20. The van der Waals surface area contributed by atoms with E-state index in [0.29, 0.717) is 0 Å². The third-order valence-electron chi connectivity index (χ3n) is 3.96. The molecular formula is C17H21NO. The Hall–Kier alpha value is -1.54. The van der Waals surface area contributed by atoms with Gasteiger partial charge >= 0.3 is 0 Å². The minimum Gasteiger partial charge on any atom is -0.459 e. The van der Waals surface area contributed by atoms with Gasteiger partial charge in [-0.3, -0.25) is 0 Å². The van der Waals surface area contributed by atoms with Crippen LogP contribution in [0.3, 0.4) is 0 Å². The summed E-state index contributed by atoms with van der Waals surface area (Å²) in [5.74, 6) is 1.81. The standard InChI is InChI=1S/C17H21NO/c1-13(18-12-14-7-3-2-4-8-14)17-11-15-9-5-6-10-16(15)19-17/h2-3,5-6,9-11,13-14,18H,4,7-8,12H2,1H3. The Kier molecular flexibility index (Phi) is 3.69. The first kappa shape index (κ1) is 12.5. The number of hydrogen-bond donors (Lipinski definition) is 1. The fraction of sp³-hybridized carbons (Fsp3) is 0.412. The minimum absolute atomic E-state index is 0.276. The van der Waals surface area contributed by atoms with Gasteiger partial charge in [0.25, 0.3) is 0 Å². The molecule has 1 aliphatic rings. The molecule has 2 atom stereocenters. The average molecular weight is 255 g/mol. The summed E-state index contributed by atoms with van der Waals surface area (Å²) in [4.78, 5) is 0. The monoisotopic (exact) mass is 255 g/mol. The third-order valence-corrected chi connectivity index (χ3v) is 3.96. The Bertz CT molecular complexity index is 536. The van der Waals surface area contributed by atoms with Gasteiger partial charge in [0.1, 0.15) is 11.3 Å². The largest absolute Gasteiger partial charge is 0.459 e. The van der Waals surface area contributed by atoms with Gasteiger partial charge in [-0.15, -0.1) is 0 Å². The summed E-state index contributed by atoms with van der Waals surface area (Å²) >= 11 is 0. The molecule has 0 fully saturated rings. The van der Waals surface area contributed by atoms with Crippen molar-refractivity contribution in [1.29, 1.82) is 0 Å². The molecule has 100 valence electrons. The Balaban J connectivity index is 1.63. The average Bonchev–Trinajstić information content (AvgIpc) is 2.90. The molecule has 2 heteroatoms. The van der Waals surface area contributed by atoms with Crippen molar-refractivity contribution in [3.8, 4) is 0 Å². The normalized spacial score (nSPS) is 20.8. The summed E-state index contributed by atoms with van der Waals surface area (Å²) in [7, 11) is 0. The molecule has 0 saturated carbocycles. The van der Waals surface area contributed by atoms with Gasteiger partial charge in [-0.05, 0) is 50.8 Å². The minimum atomic E-state index is 0.276. The van der Waals surface area contributed by atoms with Crippen LogP contribution in [0.15, 0.2) is 46.9 Å². The highest BCUT2D eigenvalue weighted by molar-refractivity contribution is 5.77. The van der Waals surface area contributed by atoms with Gasteiger partial charge in [-0.25, -0.2) is 0 Å². The molecule has 19 heavy (non-hydrogen) atoms. The van der Waals surface area contributed by atoms with Crippen LogP contribution in [0.2, 0.25) is 0 Å². The van der Waals surface area contributed by atoms with Crippen molar-refractivity contribution >= 4 is 11.0 Å². The molecule has 1 aliphatic carbocycles. The SMILES string of the molecule is CC(NCC1CC=CCC1)c1cc2ccccc2o1. The van der Waals surface area contributed by atoms with Crippen molar-refractivity contribution in [1.82, 2.24) is 5.32 Å². The van der Waals surface area contributed by atoms with Crippen molar-refractivity contribution in [3.05, 3.63) is 48.2 Å². The highest BCUT2D eigenvalue weighted by Crippen LogP contribution is 2.24. The number of furan rings is 1. The molecule has 0 aliphatic heterocycles. The zero-order valence-electron chi connectivity index (χ0n) is 11.4. The maximum Gasteiger partial charge on any atom is 0.134 e. The molecule has 2 unspecified atom stereocenters. The van der Waals surface area contributed by atoms with Gasteiger partial charge in [-0.2, -0.15) is 0 Å². The van der Waals surface area contributed by atoms with E-state index in [1.54, 1.807) is 0 Å². The topological polar surface area (TPSA) is 25.2 Å². The van der Waals surface area contributed by atoms with Crippen molar-refractivity contribution in [2.75, 3.05) is 6.54 Å². The lowest BCUT2D eigenvalue weighted by molar-refractivity contribution is 0.386. The third kappa shape index (κ3) is 2.90. The van der Waals surface area contributed by atoms with Crippen LogP contribution in [0.4, 0.5) is 0 Å². The summed E-state index contributed by atoms with van der Waals surface area (Å²) in [5.41, 5.74) is 0.978. The zero-order valence-corrected chi connectivity index (χ0v) is 11.4. The fourth-order valence-electron chi connectivity index (χ4n) is 2.70. The van der Waals surface area contributed by atoms with Crippen LogP contribution in [0.25, 0.3) is 11.0 Å². The van der Waals surface area contributed by atoms with Crippen molar-refractivity contribution in [2.45, 2.75) is 32.2 Å². The van der Waals surface area contributed by atoms with E-state index in [2.05, 4.69) is 36.5 Å². The van der Waals surface area contributed by atoms with Crippen molar-refractivity contribution in [2.24, 2.45) is 5.92 Å². The predicted molar refractivity (Wildman–Crippen MR) is 79.1 cm³/mol. The number of benzene rings is 1. The summed E-state index contributed by atoms with van der Waals surface area (Å²) in [6.45, 7) is 3.25. The molecular weight excluding hydrogens is 234 g/mol. The van der Waals surface area contributed by atoms with E-state index in [1.165, 1.54) is 24.6 Å². The van der Waals surface area contributed by atoms with Crippen LogP contribution in [-0.2, 0) is 0 Å². The van der Waals surface area contributed by atoms with Crippen LogP contribution < -0.4 is 5.32 Å². The van der Waals surface area contributed by atoms with Crippen LogP contribution in [0, 0.1) is 5.92 Å². The predicted octanol–water partition coefficient (Wildman–Crippen LogP) is 4.44. The fourth-order valence-corrected chi connectivity index (χ4v) is 2.70. The van der Waals surface area contributed by atoms with Crippen molar-refractivity contribution in [3.63, 3.8) is 0 Å². The highest BCUT2D eigenvalue weighted by Gasteiger charge is 2.14. The van der Waals surface area contributed by atoms with Gasteiger partial charge in [0.15, 0.2) is 0 Å². The second kappa shape index (κ2) is 5.62. The molecule has 2 nitrogen and oxygen atoms in total. The summed E-state index contributed by atoms with van der Waals surface area (Å²) in [6.07, 6.45) is 8.34. The Morgan fingerprint density at radius 3 is 3.00 bits per heavy atom. The second-order valence-corrected chi connectivity index (χ2v) is 5.47. The lowest BCUT2D eigenvalue weighted by atomic mass is 9.94. The number of rotatable bonds is 4. The first-order valence-corrected chi connectivity index (χ1v) is 7.20. The van der Waals surface area contributed by atoms with E-state index in [1.807, 2.05) is 18.2 Å². The van der Waals surface area contributed by atoms with Gasteiger partial charge in [-0.1, -0.05) is 30.4 Å². The maximum absolute atomic E-state index is 5.89. The van der Waals surface area contributed by atoms with Crippen LogP contribution in [0.1, 0.15) is 38.0 Å². The molecule has 0 bridgehead atoms.